The van der Waals surface area contributed by atoms with Gasteiger partial charge in [0, 0.05) is 13.5 Å². The zero-order valence-corrected chi connectivity index (χ0v) is 10.6. The second-order valence-electron chi connectivity index (χ2n) is 5.21. The third kappa shape index (κ3) is 3.37. The van der Waals surface area contributed by atoms with Gasteiger partial charge in [-0.15, -0.1) is 0 Å². The Kier molecular flexibility index (Phi) is 4.11. The molecule has 0 aliphatic rings. The predicted octanol–water partition coefficient (Wildman–Crippen LogP) is 2.95. The lowest BCUT2D eigenvalue weighted by molar-refractivity contribution is -0.121. The molecule has 1 aromatic carbocycles. The third-order valence-corrected chi connectivity index (χ3v) is 2.92. The molecule has 0 heterocycles. The van der Waals surface area contributed by atoms with Gasteiger partial charge in [0.1, 0.15) is 0 Å². The van der Waals surface area contributed by atoms with Gasteiger partial charge in [0.2, 0.25) is 5.91 Å². The van der Waals surface area contributed by atoms with Gasteiger partial charge in [-0.05, 0) is 16.9 Å². The standard InChI is InChI=1S/C14H21NO/c1-14(2,3)12(10-13(16)15-4)11-8-6-5-7-9-11/h5-9,12H,10H2,1-4H3,(H,15,16). The summed E-state index contributed by atoms with van der Waals surface area (Å²) in [5, 5.41) is 2.70. The average Bonchev–Trinajstić information content (AvgIpc) is 2.25. The van der Waals surface area contributed by atoms with Crippen LogP contribution >= 0.6 is 0 Å². The molecular formula is C14H21NO. The first kappa shape index (κ1) is 12.8. The molecule has 88 valence electrons. The fourth-order valence-corrected chi connectivity index (χ4v) is 1.90. The molecule has 2 heteroatoms. The Bertz CT molecular complexity index is 338. The highest BCUT2D eigenvalue weighted by Gasteiger charge is 2.27. The summed E-state index contributed by atoms with van der Waals surface area (Å²) >= 11 is 0. The number of amides is 1. The second-order valence-corrected chi connectivity index (χ2v) is 5.21. The van der Waals surface area contributed by atoms with Gasteiger partial charge in [-0.3, -0.25) is 4.79 Å². The molecule has 2 nitrogen and oxygen atoms in total. The van der Waals surface area contributed by atoms with Gasteiger partial charge in [-0.25, -0.2) is 0 Å². The lowest BCUT2D eigenvalue weighted by Crippen LogP contribution is -2.27. The molecule has 0 fully saturated rings. The lowest BCUT2D eigenvalue weighted by Gasteiger charge is -2.30. The number of benzene rings is 1. The molecule has 0 saturated heterocycles. The fourth-order valence-electron chi connectivity index (χ4n) is 1.90. The number of carbonyl (C=O) groups excluding carboxylic acids is 1. The number of nitrogens with one attached hydrogen (secondary N) is 1. The van der Waals surface area contributed by atoms with Crippen LogP contribution in [0.1, 0.15) is 38.7 Å². The molecule has 16 heavy (non-hydrogen) atoms. The van der Waals surface area contributed by atoms with Crippen molar-refractivity contribution in [3.63, 3.8) is 0 Å². The van der Waals surface area contributed by atoms with Crippen molar-refractivity contribution in [2.45, 2.75) is 33.1 Å². The van der Waals surface area contributed by atoms with Crippen molar-refractivity contribution in [1.29, 1.82) is 0 Å². The van der Waals surface area contributed by atoms with Crippen molar-refractivity contribution in [3.05, 3.63) is 35.9 Å². The molecule has 0 bridgehead atoms. The van der Waals surface area contributed by atoms with Crippen LogP contribution in [0.2, 0.25) is 0 Å². The van der Waals surface area contributed by atoms with Crippen LogP contribution in [0.15, 0.2) is 30.3 Å². The van der Waals surface area contributed by atoms with Gasteiger partial charge >= 0.3 is 0 Å². The molecule has 0 radical (unpaired) electrons. The summed E-state index contributed by atoms with van der Waals surface area (Å²) in [4.78, 5) is 11.5. The predicted molar refractivity (Wildman–Crippen MR) is 67.3 cm³/mol. The summed E-state index contributed by atoms with van der Waals surface area (Å²) in [7, 11) is 1.69. The van der Waals surface area contributed by atoms with Gasteiger partial charge in [0.15, 0.2) is 0 Å². The highest BCUT2D eigenvalue weighted by Crippen LogP contribution is 2.37. The minimum atomic E-state index is 0.0911. The number of hydrogen-bond donors (Lipinski definition) is 1. The van der Waals surface area contributed by atoms with Crippen LogP contribution in [0.4, 0.5) is 0 Å². The Morgan fingerprint density at radius 3 is 2.25 bits per heavy atom. The van der Waals surface area contributed by atoms with Crippen LogP contribution in [0, 0.1) is 5.41 Å². The largest absolute Gasteiger partial charge is 0.359 e. The van der Waals surface area contributed by atoms with E-state index >= 15 is 0 Å². The van der Waals surface area contributed by atoms with E-state index < -0.39 is 0 Å². The number of rotatable bonds is 3. The maximum absolute atomic E-state index is 11.5. The van der Waals surface area contributed by atoms with E-state index in [0.717, 1.165) is 0 Å². The van der Waals surface area contributed by atoms with Crippen molar-refractivity contribution in [2.75, 3.05) is 7.05 Å². The minimum absolute atomic E-state index is 0.0911. The van der Waals surface area contributed by atoms with Crippen LogP contribution in [0.5, 0.6) is 0 Å². The van der Waals surface area contributed by atoms with Crippen LogP contribution in [0.3, 0.4) is 0 Å². The first-order valence-electron chi connectivity index (χ1n) is 5.70. The molecule has 1 rings (SSSR count). The zero-order chi connectivity index (χ0) is 12.2. The van der Waals surface area contributed by atoms with E-state index in [4.69, 9.17) is 0 Å². The number of hydrogen-bond acceptors (Lipinski definition) is 1. The van der Waals surface area contributed by atoms with Crippen LogP contribution < -0.4 is 5.32 Å². The van der Waals surface area contributed by atoms with E-state index in [1.807, 2.05) is 18.2 Å². The maximum Gasteiger partial charge on any atom is 0.220 e. The van der Waals surface area contributed by atoms with Crippen molar-refractivity contribution in [2.24, 2.45) is 5.41 Å². The van der Waals surface area contributed by atoms with Crippen LogP contribution in [-0.2, 0) is 4.79 Å². The van der Waals surface area contributed by atoms with Gasteiger partial charge in [-0.1, -0.05) is 51.1 Å². The Labute approximate surface area is 98.1 Å². The van der Waals surface area contributed by atoms with E-state index in [2.05, 4.69) is 38.2 Å². The average molecular weight is 219 g/mol. The van der Waals surface area contributed by atoms with E-state index in [0.29, 0.717) is 6.42 Å². The normalized spacial score (nSPS) is 13.2. The van der Waals surface area contributed by atoms with Gasteiger partial charge < -0.3 is 5.32 Å². The third-order valence-electron chi connectivity index (χ3n) is 2.92. The lowest BCUT2D eigenvalue weighted by atomic mass is 9.74. The smallest absolute Gasteiger partial charge is 0.220 e. The SMILES string of the molecule is CNC(=O)CC(c1ccccc1)C(C)(C)C. The Morgan fingerprint density at radius 1 is 1.25 bits per heavy atom. The van der Waals surface area contributed by atoms with Crippen LogP contribution in [-0.4, -0.2) is 13.0 Å². The Morgan fingerprint density at radius 2 is 1.81 bits per heavy atom. The fraction of sp³-hybridized carbons (Fsp3) is 0.500. The monoisotopic (exact) mass is 219 g/mol. The summed E-state index contributed by atoms with van der Waals surface area (Å²) in [6, 6.07) is 10.2. The molecule has 0 aromatic heterocycles. The molecule has 0 aliphatic heterocycles. The summed E-state index contributed by atoms with van der Waals surface area (Å²) in [6.07, 6.45) is 0.546. The molecule has 1 unspecified atom stereocenters. The second kappa shape index (κ2) is 5.15. The van der Waals surface area contributed by atoms with E-state index in [-0.39, 0.29) is 17.2 Å². The van der Waals surface area contributed by atoms with E-state index in [1.54, 1.807) is 7.05 Å². The summed E-state index contributed by atoms with van der Waals surface area (Å²) in [6.45, 7) is 6.52. The first-order chi connectivity index (χ1) is 7.45. The van der Waals surface area contributed by atoms with Crippen molar-refractivity contribution in [3.8, 4) is 0 Å². The molecule has 1 atom stereocenters. The first-order valence-corrected chi connectivity index (χ1v) is 5.70. The summed E-state index contributed by atoms with van der Waals surface area (Å²) in [5.74, 6) is 0.359. The van der Waals surface area contributed by atoms with E-state index in [9.17, 15) is 4.79 Å². The highest BCUT2D eigenvalue weighted by molar-refractivity contribution is 5.76. The van der Waals surface area contributed by atoms with Crippen molar-refractivity contribution < 1.29 is 4.79 Å². The minimum Gasteiger partial charge on any atom is -0.359 e. The maximum atomic E-state index is 11.5. The van der Waals surface area contributed by atoms with Gasteiger partial charge in [-0.2, -0.15) is 0 Å². The van der Waals surface area contributed by atoms with E-state index in [1.165, 1.54) is 5.56 Å². The molecular weight excluding hydrogens is 198 g/mol. The Hall–Kier alpha value is -1.31. The quantitative estimate of drug-likeness (QED) is 0.832. The molecule has 0 saturated carbocycles. The topological polar surface area (TPSA) is 29.1 Å². The van der Waals surface area contributed by atoms with Crippen molar-refractivity contribution >= 4 is 5.91 Å². The van der Waals surface area contributed by atoms with Crippen molar-refractivity contribution in [1.82, 2.24) is 5.32 Å². The summed E-state index contributed by atoms with van der Waals surface area (Å²) < 4.78 is 0. The Balaban J connectivity index is 2.93. The molecule has 0 spiro atoms. The molecule has 1 amide bonds. The molecule has 1 aromatic rings. The molecule has 1 N–H and O–H groups in total. The highest BCUT2D eigenvalue weighted by atomic mass is 16.1. The molecule has 0 aliphatic carbocycles. The number of carbonyl (C=O) groups is 1. The summed E-state index contributed by atoms with van der Waals surface area (Å²) in [5.41, 5.74) is 1.33. The van der Waals surface area contributed by atoms with Crippen LogP contribution in [0.25, 0.3) is 0 Å². The van der Waals surface area contributed by atoms with Gasteiger partial charge in [0.05, 0.1) is 0 Å². The van der Waals surface area contributed by atoms with Gasteiger partial charge in [0.25, 0.3) is 0 Å². The zero-order valence-electron chi connectivity index (χ0n) is 10.6.